The number of benzene rings is 2. The van der Waals surface area contributed by atoms with Gasteiger partial charge in [-0.3, -0.25) is 4.79 Å². The number of aldehydes is 1. The van der Waals surface area contributed by atoms with Gasteiger partial charge < -0.3 is 18.9 Å². The van der Waals surface area contributed by atoms with Crippen LogP contribution in [0.4, 0.5) is 0 Å². The lowest BCUT2D eigenvalue weighted by Crippen LogP contribution is -2.10. The third-order valence-corrected chi connectivity index (χ3v) is 3.07. The van der Waals surface area contributed by atoms with Crippen LogP contribution in [-0.2, 0) is 0 Å². The summed E-state index contributed by atoms with van der Waals surface area (Å²) in [4.78, 5) is 10.8. The minimum absolute atomic E-state index is 0.346. The quantitative estimate of drug-likeness (QED) is 0.524. The molecular formula is C18H20O5. The van der Waals surface area contributed by atoms with Gasteiger partial charge in [0.1, 0.15) is 19.5 Å². The molecule has 2 aromatic carbocycles. The molecule has 0 fully saturated rings. The van der Waals surface area contributed by atoms with Crippen molar-refractivity contribution in [3.63, 3.8) is 0 Å². The fourth-order valence-electron chi connectivity index (χ4n) is 2.03. The van der Waals surface area contributed by atoms with Crippen molar-refractivity contribution in [2.24, 2.45) is 0 Å². The highest BCUT2D eigenvalue weighted by molar-refractivity contribution is 5.76. The van der Waals surface area contributed by atoms with Crippen LogP contribution in [0.25, 0.3) is 0 Å². The van der Waals surface area contributed by atoms with Crippen LogP contribution >= 0.6 is 0 Å². The summed E-state index contributed by atoms with van der Waals surface area (Å²) in [5, 5.41) is 0. The highest BCUT2D eigenvalue weighted by atomic mass is 16.5. The minimum atomic E-state index is 0.346. The fourth-order valence-corrected chi connectivity index (χ4v) is 2.03. The molecule has 0 radical (unpaired) electrons. The smallest absolute Gasteiger partial charge is 0.161 e. The topological polar surface area (TPSA) is 54.0 Å². The molecule has 0 saturated carbocycles. The number of ether oxygens (including phenoxy) is 4. The molecule has 0 aliphatic rings. The summed E-state index contributed by atoms with van der Waals surface area (Å²) >= 11 is 0. The van der Waals surface area contributed by atoms with E-state index in [0.717, 1.165) is 6.29 Å². The predicted molar refractivity (Wildman–Crippen MR) is 87.0 cm³/mol. The normalized spacial score (nSPS) is 10.0. The second kappa shape index (κ2) is 8.68. The zero-order valence-corrected chi connectivity index (χ0v) is 13.3. The molecule has 0 amide bonds. The molecule has 2 aromatic rings. The molecule has 0 aromatic heterocycles. The number of methoxy groups -OCH3 is 1. The van der Waals surface area contributed by atoms with Crippen molar-refractivity contribution in [2.45, 2.75) is 6.92 Å². The van der Waals surface area contributed by atoms with Crippen molar-refractivity contribution in [3.05, 3.63) is 48.0 Å². The molecule has 0 spiro atoms. The van der Waals surface area contributed by atoms with E-state index in [9.17, 15) is 4.79 Å². The Bertz CT molecular complexity index is 639. The molecule has 0 bridgehead atoms. The van der Waals surface area contributed by atoms with E-state index in [1.54, 1.807) is 25.3 Å². The predicted octanol–water partition coefficient (Wildman–Crippen LogP) is 3.36. The van der Waals surface area contributed by atoms with Crippen molar-refractivity contribution in [2.75, 3.05) is 26.9 Å². The number of para-hydroxylation sites is 2. The van der Waals surface area contributed by atoms with Crippen molar-refractivity contribution >= 4 is 6.29 Å². The van der Waals surface area contributed by atoms with Crippen LogP contribution in [0.15, 0.2) is 42.5 Å². The molecule has 0 atom stereocenters. The maximum atomic E-state index is 10.8. The Morgan fingerprint density at radius 3 is 2.13 bits per heavy atom. The maximum Gasteiger partial charge on any atom is 0.161 e. The minimum Gasteiger partial charge on any atom is -0.493 e. The summed E-state index contributed by atoms with van der Waals surface area (Å²) in [5.74, 6) is 2.48. The van der Waals surface area contributed by atoms with Gasteiger partial charge in [0.25, 0.3) is 0 Å². The highest BCUT2D eigenvalue weighted by Gasteiger charge is 2.07. The summed E-state index contributed by atoms with van der Waals surface area (Å²) < 4.78 is 22.0. The van der Waals surface area contributed by atoms with Crippen LogP contribution in [0, 0.1) is 0 Å². The van der Waals surface area contributed by atoms with Crippen molar-refractivity contribution in [1.82, 2.24) is 0 Å². The number of rotatable bonds is 9. The number of hydrogen-bond acceptors (Lipinski definition) is 5. The van der Waals surface area contributed by atoms with Gasteiger partial charge in [0.05, 0.1) is 13.7 Å². The van der Waals surface area contributed by atoms with E-state index in [2.05, 4.69) is 0 Å². The maximum absolute atomic E-state index is 10.8. The first-order chi connectivity index (χ1) is 11.3. The van der Waals surface area contributed by atoms with E-state index in [1.165, 1.54) is 0 Å². The first-order valence-corrected chi connectivity index (χ1v) is 7.39. The molecule has 0 unspecified atom stereocenters. The molecule has 0 aliphatic heterocycles. The fraction of sp³-hybridized carbons (Fsp3) is 0.278. The van der Waals surface area contributed by atoms with Gasteiger partial charge in [0.15, 0.2) is 23.0 Å². The lowest BCUT2D eigenvalue weighted by molar-refractivity contribution is 0.112. The zero-order valence-electron chi connectivity index (χ0n) is 13.3. The number of carbonyl (C=O) groups excluding carboxylic acids is 1. The standard InChI is InChI=1S/C18H20O5/c1-3-21-18-12-14(13-19)8-9-17(18)23-11-10-22-16-7-5-4-6-15(16)20-2/h4-9,12-13H,3,10-11H2,1-2H3. The molecule has 5 heteroatoms. The first-order valence-electron chi connectivity index (χ1n) is 7.39. The zero-order chi connectivity index (χ0) is 16.5. The van der Waals surface area contributed by atoms with Gasteiger partial charge in [-0.25, -0.2) is 0 Å². The monoisotopic (exact) mass is 316 g/mol. The summed E-state index contributed by atoms with van der Waals surface area (Å²) in [6.07, 6.45) is 0.775. The van der Waals surface area contributed by atoms with Gasteiger partial charge in [-0.15, -0.1) is 0 Å². The third kappa shape index (κ3) is 4.64. The molecule has 0 N–H and O–H groups in total. The average molecular weight is 316 g/mol. The number of carbonyl (C=O) groups is 1. The van der Waals surface area contributed by atoms with Crippen molar-refractivity contribution in [3.8, 4) is 23.0 Å². The second-order valence-electron chi connectivity index (χ2n) is 4.60. The lowest BCUT2D eigenvalue weighted by atomic mass is 10.2. The Balaban J connectivity index is 1.92. The van der Waals surface area contributed by atoms with Crippen LogP contribution in [0.1, 0.15) is 17.3 Å². The van der Waals surface area contributed by atoms with Crippen LogP contribution in [-0.4, -0.2) is 33.2 Å². The van der Waals surface area contributed by atoms with Crippen molar-refractivity contribution < 1.29 is 23.7 Å². The second-order valence-corrected chi connectivity index (χ2v) is 4.60. The van der Waals surface area contributed by atoms with Crippen molar-refractivity contribution in [1.29, 1.82) is 0 Å². The van der Waals surface area contributed by atoms with Gasteiger partial charge >= 0.3 is 0 Å². The molecule has 122 valence electrons. The summed E-state index contributed by atoms with van der Waals surface area (Å²) in [5.41, 5.74) is 0.547. The molecule has 0 aliphatic carbocycles. The first kappa shape index (κ1) is 16.7. The SMILES string of the molecule is CCOc1cc(C=O)ccc1OCCOc1ccccc1OC. The van der Waals surface area contributed by atoms with E-state index < -0.39 is 0 Å². The third-order valence-electron chi connectivity index (χ3n) is 3.07. The van der Waals surface area contributed by atoms with Crippen LogP contribution in [0.5, 0.6) is 23.0 Å². The van der Waals surface area contributed by atoms with E-state index in [1.807, 2.05) is 31.2 Å². The highest BCUT2D eigenvalue weighted by Crippen LogP contribution is 2.28. The van der Waals surface area contributed by atoms with Gasteiger partial charge in [0.2, 0.25) is 0 Å². The van der Waals surface area contributed by atoms with Gasteiger partial charge in [-0.05, 0) is 37.3 Å². The molecule has 2 rings (SSSR count). The van der Waals surface area contributed by atoms with E-state index in [4.69, 9.17) is 18.9 Å². The molecule has 0 heterocycles. The van der Waals surface area contributed by atoms with Crippen LogP contribution < -0.4 is 18.9 Å². The van der Waals surface area contributed by atoms with Gasteiger partial charge in [-0.2, -0.15) is 0 Å². The van der Waals surface area contributed by atoms with Crippen LogP contribution in [0.2, 0.25) is 0 Å². The molecule has 5 nitrogen and oxygen atoms in total. The average Bonchev–Trinajstić information content (AvgIpc) is 2.60. The summed E-state index contributed by atoms with van der Waals surface area (Å²) in [6.45, 7) is 3.08. The van der Waals surface area contributed by atoms with E-state index >= 15 is 0 Å². The Hall–Kier alpha value is -2.69. The Morgan fingerprint density at radius 1 is 0.870 bits per heavy atom. The Kier molecular flexibility index (Phi) is 6.29. The lowest BCUT2D eigenvalue weighted by Gasteiger charge is -2.13. The summed E-state index contributed by atoms with van der Waals surface area (Å²) in [6, 6.07) is 12.5. The van der Waals surface area contributed by atoms with E-state index in [0.29, 0.717) is 48.4 Å². The molecular weight excluding hydrogens is 296 g/mol. The Morgan fingerprint density at radius 2 is 1.52 bits per heavy atom. The molecule has 0 saturated heterocycles. The largest absolute Gasteiger partial charge is 0.493 e. The molecule has 23 heavy (non-hydrogen) atoms. The van der Waals surface area contributed by atoms with Gasteiger partial charge in [-0.1, -0.05) is 12.1 Å². The van der Waals surface area contributed by atoms with Gasteiger partial charge in [0, 0.05) is 5.56 Å². The van der Waals surface area contributed by atoms with E-state index in [-0.39, 0.29) is 0 Å². The summed E-state index contributed by atoms with van der Waals surface area (Å²) in [7, 11) is 1.60. The number of hydrogen-bond donors (Lipinski definition) is 0. The van der Waals surface area contributed by atoms with Crippen LogP contribution in [0.3, 0.4) is 0 Å². The Labute approximate surface area is 135 Å².